The van der Waals surface area contributed by atoms with Gasteiger partial charge < -0.3 is 9.80 Å². The van der Waals surface area contributed by atoms with Crippen molar-refractivity contribution in [3.8, 4) is 0 Å². The molecule has 1 atom stereocenters. The van der Waals surface area contributed by atoms with Gasteiger partial charge in [-0.2, -0.15) is 0 Å². The van der Waals surface area contributed by atoms with Crippen LogP contribution >= 0.6 is 0 Å². The van der Waals surface area contributed by atoms with Gasteiger partial charge in [-0.25, -0.2) is 0 Å². The zero-order valence-electron chi connectivity index (χ0n) is 16.6. The van der Waals surface area contributed by atoms with Crippen LogP contribution in [0.15, 0.2) is 0 Å². The second kappa shape index (κ2) is 9.72. The highest BCUT2D eigenvalue weighted by atomic mass is 16.2. The topological polar surface area (TPSA) is 43.9 Å². The zero-order valence-corrected chi connectivity index (χ0v) is 16.6. The van der Waals surface area contributed by atoms with Crippen molar-refractivity contribution in [1.29, 1.82) is 0 Å². The number of carbonyl (C=O) groups excluding carboxylic acids is 2. The molecule has 0 spiro atoms. The second-order valence-electron chi connectivity index (χ2n) is 8.44. The molecular formula is C21H37N3O2. The minimum absolute atomic E-state index is 0.204. The number of likely N-dealkylation sites (tertiary alicyclic amines) is 3. The first-order valence-electron chi connectivity index (χ1n) is 11.0. The first-order valence-corrected chi connectivity index (χ1v) is 11.0. The molecule has 3 aliphatic heterocycles. The van der Waals surface area contributed by atoms with Crippen molar-refractivity contribution >= 4 is 11.8 Å². The van der Waals surface area contributed by atoms with E-state index in [9.17, 15) is 9.59 Å². The Hall–Kier alpha value is -1.10. The van der Waals surface area contributed by atoms with Crippen LogP contribution in [0.1, 0.15) is 71.1 Å². The van der Waals surface area contributed by atoms with Crippen molar-refractivity contribution in [3.63, 3.8) is 0 Å². The Morgan fingerprint density at radius 2 is 1.58 bits per heavy atom. The van der Waals surface area contributed by atoms with E-state index in [-0.39, 0.29) is 5.92 Å². The maximum Gasteiger partial charge on any atom is 0.226 e. The van der Waals surface area contributed by atoms with Gasteiger partial charge in [0, 0.05) is 45.2 Å². The van der Waals surface area contributed by atoms with E-state index in [0.717, 1.165) is 77.8 Å². The van der Waals surface area contributed by atoms with E-state index in [1.807, 2.05) is 0 Å². The molecule has 148 valence electrons. The highest BCUT2D eigenvalue weighted by Crippen LogP contribution is 2.26. The number of amides is 2. The van der Waals surface area contributed by atoms with Crippen LogP contribution in [-0.4, -0.2) is 71.8 Å². The zero-order chi connectivity index (χ0) is 18.4. The normalized spacial score (nSPS) is 25.7. The highest BCUT2D eigenvalue weighted by Gasteiger charge is 2.34. The van der Waals surface area contributed by atoms with Gasteiger partial charge >= 0.3 is 0 Å². The van der Waals surface area contributed by atoms with Crippen molar-refractivity contribution < 1.29 is 9.59 Å². The molecule has 0 bridgehead atoms. The molecule has 3 fully saturated rings. The Kier molecular flexibility index (Phi) is 7.35. The van der Waals surface area contributed by atoms with Crippen LogP contribution in [0.4, 0.5) is 0 Å². The Morgan fingerprint density at radius 1 is 0.846 bits per heavy atom. The molecule has 5 nitrogen and oxygen atoms in total. The van der Waals surface area contributed by atoms with E-state index < -0.39 is 0 Å². The van der Waals surface area contributed by atoms with Crippen molar-refractivity contribution in [2.45, 2.75) is 77.2 Å². The molecule has 0 aromatic carbocycles. The van der Waals surface area contributed by atoms with Gasteiger partial charge in [-0.05, 0) is 51.5 Å². The molecular weight excluding hydrogens is 326 g/mol. The summed E-state index contributed by atoms with van der Waals surface area (Å²) < 4.78 is 0. The fraction of sp³-hybridized carbons (Fsp3) is 0.905. The van der Waals surface area contributed by atoms with Crippen molar-refractivity contribution in [2.75, 3.05) is 39.3 Å². The molecule has 3 rings (SSSR count). The lowest BCUT2D eigenvalue weighted by molar-refractivity contribution is -0.136. The van der Waals surface area contributed by atoms with Crippen LogP contribution in [-0.2, 0) is 9.59 Å². The Balaban J connectivity index is 1.43. The summed E-state index contributed by atoms with van der Waals surface area (Å²) in [5.74, 6) is 0.948. The van der Waals surface area contributed by atoms with Crippen molar-refractivity contribution in [1.82, 2.24) is 14.7 Å². The van der Waals surface area contributed by atoms with Gasteiger partial charge in [-0.3, -0.25) is 14.5 Å². The fourth-order valence-electron chi connectivity index (χ4n) is 4.90. The third-order valence-corrected chi connectivity index (χ3v) is 6.55. The summed E-state index contributed by atoms with van der Waals surface area (Å²) in [7, 11) is 0. The number of piperidine rings is 2. The Labute approximate surface area is 159 Å². The quantitative estimate of drug-likeness (QED) is 0.682. The summed E-state index contributed by atoms with van der Waals surface area (Å²) in [6, 6.07) is 0.559. The Morgan fingerprint density at radius 3 is 2.27 bits per heavy atom. The number of carbonyl (C=O) groups is 2. The molecule has 0 unspecified atom stereocenters. The van der Waals surface area contributed by atoms with Gasteiger partial charge in [-0.15, -0.1) is 0 Å². The van der Waals surface area contributed by atoms with Gasteiger partial charge in [0.2, 0.25) is 11.8 Å². The largest absolute Gasteiger partial charge is 0.343 e. The monoisotopic (exact) mass is 363 g/mol. The smallest absolute Gasteiger partial charge is 0.226 e. The van der Waals surface area contributed by atoms with E-state index in [1.165, 1.54) is 19.3 Å². The molecule has 0 saturated carbocycles. The number of hydrogen-bond donors (Lipinski definition) is 0. The van der Waals surface area contributed by atoms with Gasteiger partial charge in [0.1, 0.15) is 0 Å². The van der Waals surface area contributed by atoms with Crippen LogP contribution in [0.3, 0.4) is 0 Å². The predicted molar refractivity (Wildman–Crippen MR) is 104 cm³/mol. The standard InChI is InChI=1S/C21H37N3O2/c1-2-3-4-9-20(25)22-15-10-19(11-16-22)24-14-7-8-18(17-24)21(26)23-12-5-6-13-23/h18-19H,2-17H2,1H3/t18-/m1/s1. The van der Waals surface area contributed by atoms with Crippen LogP contribution in [0, 0.1) is 5.92 Å². The predicted octanol–water partition coefficient (Wildman–Crippen LogP) is 2.89. The van der Waals surface area contributed by atoms with E-state index in [2.05, 4.69) is 21.6 Å². The lowest BCUT2D eigenvalue weighted by Gasteiger charge is -2.42. The maximum absolute atomic E-state index is 12.7. The number of rotatable bonds is 6. The summed E-state index contributed by atoms with van der Waals surface area (Å²) in [4.78, 5) is 31.8. The lowest BCUT2D eigenvalue weighted by atomic mass is 9.93. The van der Waals surface area contributed by atoms with Gasteiger partial charge in [-0.1, -0.05) is 19.8 Å². The van der Waals surface area contributed by atoms with E-state index in [0.29, 0.717) is 24.3 Å². The van der Waals surface area contributed by atoms with E-state index in [1.54, 1.807) is 0 Å². The van der Waals surface area contributed by atoms with Crippen LogP contribution < -0.4 is 0 Å². The number of hydrogen-bond acceptors (Lipinski definition) is 3. The summed E-state index contributed by atoms with van der Waals surface area (Å²) >= 11 is 0. The van der Waals surface area contributed by atoms with Crippen molar-refractivity contribution in [2.24, 2.45) is 5.92 Å². The first kappa shape index (κ1) is 19.7. The average molecular weight is 364 g/mol. The fourth-order valence-corrected chi connectivity index (χ4v) is 4.90. The molecule has 3 aliphatic rings. The SMILES string of the molecule is CCCCCC(=O)N1CCC(N2CCC[C@@H](C(=O)N3CCCC3)C2)CC1. The lowest BCUT2D eigenvalue weighted by Crippen LogP contribution is -2.51. The summed E-state index contributed by atoms with van der Waals surface area (Å²) in [6.45, 7) is 7.97. The van der Waals surface area contributed by atoms with Crippen LogP contribution in [0.5, 0.6) is 0 Å². The van der Waals surface area contributed by atoms with Gasteiger partial charge in [0.15, 0.2) is 0 Å². The minimum Gasteiger partial charge on any atom is -0.343 e. The summed E-state index contributed by atoms with van der Waals surface area (Å²) in [5, 5.41) is 0. The number of unbranched alkanes of at least 4 members (excludes halogenated alkanes) is 2. The molecule has 2 amide bonds. The number of nitrogens with zero attached hydrogens (tertiary/aromatic N) is 3. The first-order chi connectivity index (χ1) is 12.7. The molecule has 0 aromatic heterocycles. The van der Waals surface area contributed by atoms with Gasteiger partial charge in [0.05, 0.1) is 5.92 Å². The highest BCUT2D eigenvalue weighted by molar-refractivity contribution is 5.79. The van der Waals surface area contributed by atoms with E-state index in [4.69, 9.17) is 0 Å². The maximum atomic E-state index is 12.7. The molecule has 3 heterocycles. The van der Waals surface area contributed by atoms with Crippen molar-refractivity contribution in [3.05, 3.63) is 0 Å². The molecule has 26 heavy (non-hydrogen) atoms. The third-order valence-electron chi connectivity index (χ3n) is 6.55. The summed E-state index contributed by atoms with van der Waals surface area (Å²) in [6.07, 6.45) is 10.8. The third kappa shape index (κ3) is 4.99. The molecule has 3 saturated heterocycles. The molecule has 0 aliphatic carbocycles. The van der Waals surface area contributed by atoms with E-state index >= 15 is 0 Å². The van der Waals surface area contributed by atoms with Crippen LogP contribution in [0.25, 0.3) is 0 Å². The minimum atomic E-state index is 0.204. The molecule has 0 radical (unpaired) electrons. The Bertz CT molecular complexity index is 468. The molecule has 0 aromatic rings. The molecule has 5 heteroatoms. The second-order valence-corrected chi connectivity index (χ2v) is 8.44. The average Bonchev–Trinajstić information content (AvgIpc) is 3.22. The summed E-state index contributed by atoms with van der Waals surface area (Å²) in [5.41, 5.74) is 0. The van der Waals surface area contributed by atoms with Crippen LogP contribution in [0.2, 0.25) is 0 Å². The van der Waals surface area contributed by atoms with Gasteiger partial charge in [0.25, 0.3) is 0 Å². The molecule has 0 N–H and O–H groups in total.